The summed E-state index contributed by atoms with van der Waals surface area (Å²) in [6, 6.07) is 12.6. The van der Waals surface area contributed by atoms with Gasteiger partial charge in [0.05, 0.1) is 15.1 Å². The van der Waals surface area contributed by atoms with Gasteiger partial charge in [0.1, 0.15) is 0 Å². The van der Waals surface area contributed by atoms with E-state index in [1.165, 1.54) is 10.3 Å². The summed E-state index contributed by atoms with van der Waals surface area (Å²) in [4.78, 5) is 22.5. The number of aryl methyl sites for hydroxylation is 1. The lowest BCUT2D eigenvalue weighted by Crippen LogP contribution is -2.48. The molecule has 3 heterocycles. The van der Waals surface area contributed by atoms with Crippen LogP contribution in [0.3, 0.4) is 0 Å². The molecular formula is C28H37N5O3S2. The Morgan fingerprint density at radius 2 is 1.71 bits per heavy atom. The second kappa shape index (κ2) is 11.3. The molecule has 2 unspecified atom stereocenters. The summed E-state index contributed by atoms with van der Waals surface area (Å²) in [6.07, 6.45) is 1.05. The van der Waals surface area contributed by atoms with E-state index in [0.29, 0.717) is 37.0 Å². The van der Waals surface area contributed by atoms with Gasteiger partial charge >= 0.3 is 0 Å². The number of aromatic nitrogens is 1. The van der Waals surface area contributed by atoms with E-state index < -0.39 is 10.0 Å². The van der Waals surface area contributed by atoms with E-state index in [-0.39, 0.29) is 10.8 Å². The Labute approximate surface area is 229 Å². The standard InChI is InChI=1S/C28H37N5O3S2/c1-20-17-21(2)19-33(18-20)38(35,36)24-9-7-23(8-10-24)27(34)29-11-12-31-13-15-32(16-14-31)28-30-26-22(3)5-4-6-25(26)37-28/h4-10,20-21H,11-19H2,1-3H3,(H,29,34). The molecule has 0 aliphatic carbocycles. The molecule has 5 rings (SSSR count). The molecule has 10 heteroatoms. The summed E-state index contributed by atoms with van der Waals surface area (Å²) in [7, 11) is -3.55. The molecule has 204 valence electrons. The molecular weight excluding hydrogens is 518 g/mol. The Morgan fingerprint density at radius 1 is 1.03 bits per heavy atom. The molecule has 2 atom stereocenters. The van der Waals surface area contributed by atoms with Gasteiger partial charge in [0, 0.05) is 57.9 Å². The number of piperazine rings is 1. The first-order valence-electron chi connectivity index (χ1n) is 13.4. The largest absolute Gasteiger partial charge is 0.351 e. The van der Waals surface area contributed by atoms with Crippen molar-refractivity contribution in [2.75, 3.05) is 57.3 Å². The Hall–Kier alpha value is -2.53. The fraction of sp³-hybridized carbons (Fsp3) is 0.500. The number of carbonyl (C=O) groups is 1. The fourth-order valence-electron chi connectivity index (χ4n) is 5.53. The summed E-state index contributed by atoms with van der Waals surface area (Å²) in [6.45, 7) is 12.4. The van der Waals surface area contributed by atoms with Gasteiger partial charge < -0.3 is 10.2 Å². The number of hydrogen-bond donors (Lipinski definition) is 1. The Kier molecular flexibility index (Phi) is 8.04. The zero-order chi connectivity index (χ0) is 26.9. The quantitative estimate of drug-likeness (QED) is 0.477. The third-order valence-corrected chi connectivity index (χ3v) is 10.5. The third-order valence-electron chi connectivity index (χ3n) is 7.56. The number of nitrogens with one attached hydrogen (secondary N) is 1. The molecule has 8 nitrogen and oxygen atoms in total. The van der Waals surface area contributed by atoms with E-state index in [1.54, 1.807) is 39.9 Å². The van der Waals surface area contributed by atoms with Crippen LogP contribution in [0.15, 0.2) is 47.4 Å². The van der Waals surface area contributed by atoms with Crippen molar-refractivity contribution in [1.82, 2.24) is 19.5 Å². The number of benzene rings is 2. The Balaban J connectivity index is 1.09. The first-order chi connectivity index (χ1) is 18.2. The van der Waals surface area contributed by atoms with Crippen LogP contribution in [0.2, 0.25) is 0 Å². The van der Waals surface area contributed by atoms with Crippen molar-refractivity contribution in [3.63, 3.8) is 0 Å². The molecule has 1 aromatic heterocycles. The van der Waals surface area contributed by atoms with Crippen molar-refractivity contribution in [3.8, 4) is 0 Å². The maximum Gasteiger partial charge on any atom is 0.251 e. The SMILES string of the molecule is Cc1cccc2sc(N3CCN(CCNC(=O)c4ccc(S(=O)(=O)N5CC(C)CC(C)C5)cc4)CC3)nc12. The minimum Gasteiger partial charge on any atom is -0.351 e. The maximum absolute atomic E-state index is 13.1. The normalized spacial score (nSPS) is 21.6. The van der Waals surface area contributed by atoms with Crippen LogP contribution in [-0.2, 0) is 10.0 Å². The van der Waals surface area contributed by atoms with E-state index in [2.05, 4.69) is 54.1 Å². The molecule has 1 amide bonds. The number of anilines is 1. The van der Waals surface area contributed by atoms with Crippen LogP contribution >= 0.6 is 11.3 Å². The monoisotopic (exact) mass is 555 g/mol. The van der Waals surface area contributed by atoms with Gasteiger partial charge in [-0.3, -0.25) is 9.69 Å². The average Bonchev–Trinajstić information content (AvgIpc) is 3.34. The van der Waals surface area contributed by atoms with Gasteiger partial charge in [-0.2, -0.15) is 4.31 Å². The minimum atomic E-state index is -3.55. The van der Waals surface area contributed by atoms with Crippen LogP contribution in [0.1, 0.15) is 36.2 Å². The second-order valence-corrected chi connectivity index (χ2v) is 13.7. The van der Waals surface area contributed by atoms with Crippen LogP contribution in [0.5, 0.6) is 0 Å². The summed E-state index contributed by atoms with van der Waals surface area (Å²) in [5.41, 5.74) is 2.78. The molecule has 2 fully saturated rings. The lowest BCUT2D eigenvalue weighted by Gasteiger charge is -2.34. The Morgan fingerprint density at radius 3 is 2.37 bits per heavy atom. The van der Waals surface area contributed by atoms with Crippen molar-refractivity contribution >= 4 is 42.6 Å². The summed E-state index contributed by atoms with van der Waals surface area (Å²) < 4.78 is 29.0. The predicted molar refractivity (Wildman–Crippen MR) is 153 cm³/mol. The number of rotatable bonds is 7. The maximum atomic E-state index is 13.1. The molecule has 2 aliphatic rings. The lowest BCUT2D eigenvalue weighted by molar-refractivity contribution is 0.0947. The zero-order valence-electron chi connectivity index (χ0n) is 22.4. The second-order valence-electron chi connectivity index (χ2n) is 10.8. The van der Waals surface area contributed by atoms with Crippen LogP contribution in [-0.4, -0.2) is 80.9 Å². The van der Waals surface area contributed by atoms with Gasteiger partial charge in [0.2, 0.25) is 10.0 Å². The number of sulfonamides is 1. The van der Waals surface area contributed by atoms with Crippen molar-refractivity contribution < 1.29 is 13.2 Å². The van der Waals surface area contributed by atoms with E-state index in [9.17, 15) is 13.2 Å². The van der Waals surface area contributed by atoms with Crippen molar-refractivity contribution in [3.05, 3.63) is 53.6 Å². The number of fused-ring (bicyclic) bond motifs is 1. The van der Waals surface area contributed by atoms with Gasteiger partial charge in [0.25, 0.3) is 5.91 Å². The highest BCUT2D eigenvalue weighted by Gasteiger charge is 2.31. The third kappa shape index (κ3) is 5.88. The van der Waals surface area contributed by atoms with E-state index in [4.69, 9.17) is 4.98 Å². The summed E-state index contributed by atoms with van der Waals surface area (Å²) in [5, 5.41) is 4.06. The topological polar surface area (TPSA) is 85.8 Å². The van der Waals surface area contributed by atoms with E-state index in [1.807, 2.05) is 0 Å². The highest BCUT2D eigenvalue weighted by molar-refractivity contribution is 7.89. The van der Waals surface area contributed by atoms with Crippen molar-refractivity contribution in [2.24, 2.45) is 11.8 Å². The van der Waals surface area contributed by atoms with Gasteiger partial charge in [0.15, 0.2) is 5.13 Å². The summed E-state index contributed by atoms with van der Waals surface area (Å²) >= 11 is 1.75. The van der Waals surface area contributed by atoms with Crippen molar-refractivity contribution in [2.45, 2.75) is 32.1 Å². The number of hydrogen-bond acceptors (Lipinski definition) is 7. The van der Waals surface area contributed by atoms with Gasteiger partial charge in [-0.25, -0.2) is 13.4 Å². The van der Waals surface area contributed by atoms with Gasteiger partial charge in [-0.15, -0.1) is 0 Å². The number of thiazole rings is 1. The molecule has 0 bridgehead atoms. The van der Waals surface area contributed by atoms with Gasteiger partial charge in [-0.1, -0.05) is 37.3 Å². The highest BCUT2D eigenvalue weighted by Crippen LogP contribution is 2.31. The molecule has 0 saturated carbocycles. The minimum absolute atomic E-state index is 0.183. The first kappa shape index (κ1) is 27.1. The highest BCUT2D eigenvalue weighted by atomic mass is 32.2. The zero-order valence-corrected chi connectivity index (χ0v) is 24.0. The number of nitrogens with zero attached hydrogens (tertiary/aromatic N) is 4. The molecule has 1 N–H and O–H groups in total. The first-order valence-corrected chi connectivity index (χ1v) is 15.7. The molecule has 0 radical (unpaired) electrons. The fourth-order valence-corrected chi connectivity index (χ4v) is 8.31. The number of carbonyl (C=O) groups excluding carboxylic acids is 1. The Bertz CT molecular complexity index is 1370. The molecule has 38 heavy (non-hydrogen) atoms. The van der Waals surface area contributed by atoms with Gasteiger partial charge in [-0.05, 0) is 61.1 Å². The van der Waals surface area contributed by atoms with Crippen molar-refractivity contribution in [1.29, 1.82) is 0 Å². The lowest BCUT2D eigenvalue weighted by atomic mass is 9.94. The van der Waals surface area contributed by atoms with Crippen LogP contribution < -0.4 is 10.2 Å². The van der Waals surface area contributed by atoms with Crippen LogP contribution in [0.25, 0.3) is 10.2 Å². The predicted octanol–water partition coefficient (Wildman–Crippen LogP) is 3.82. The van der Waals surface area contributed by atoms with E-state index >= 15 is 0 Å². The van der Waals surface area contributed by atoms with E-state index in [0.717, 1.165) is 49.8 Å². The molecule has 3 aromatic rings. The number of amides is 1. The van der Waals surface area contributed by atoms with Crippen LogP contribution in [0.4, 0.5) is 5.13 Å². The molecule has 2 aromatic carbocycles. The molecule has 2 aliphatic heterocycles. The van der Waals surface area contributed by atoms with Crippen LogP contribution in [0, 0.1) is 18.8 Å². The number of para-hydroxylation sites is 1. The summed E-state index contributed by atoms with van der Waals surface area (Å²) in [5.74, 6) is 0.509. The molecule has 2 saturated heterocycles. The molecule has 0 spiro atoms. The smallest absolute Gasteiger partial charge is 0.251 e. The number of piperidine rings is 1. The average molecular weight is 556 g/mol.